The van der Waals surface area contributed by atoms with Gasteiger partial charge in [-0.3, -0.25) is 4.79 Å². The lowest BCUT2D eigenvalue weighted by atomic mass is 10.1. The minimum Gasteiger partial charge on any atom is -0.486 e. The molecule has 172 valence electrons. The first-order chi connectivity index (χ1) is 15.9. The zero-order chi connectivity index (χ0) is 23.5. The number of methoxy groups -OCH3 is 2. The standard InChI is InChI=1S/C24H23NO7S/c1-13-19(23(27)29-2)22(33-20(13)24(28)30-3)25-21(26)18-10-9-17(32-18)12-31-16-8-7-14-5-4-6-15(14)11-16/h7-11H,4-6,12H2,1-3H3,(H,25,26). The average Bonchev–Trinajstić information content (AvgIpc) is 3.55. The van der Waals surface area contributed by atoms with Gasteiger partial charge in [0.1, 0.15) is 28.0 Å². The Morgan fingerprint density at radius 2 is 1.79 bits per heavy atom. The maximum atomic E-state index is 12.7. The molecule has 1 aliphatic carbocycles. The predicted molar refractivity (Wildman–Crippen MR) is 121 cm³/mol. The van der Waals surface area contributed by atoms with Crippen LogP contribution in [0, 0.1) is 6.92 Å². The maximum absolute atomic E-state index is 12.7. The second-order valence-electron chi connectivity index (χ2n) is 7.54. The summed E-state index contributed by atoms with van der Waals surface area (Å²) in [5.74, 6) is -0.563. The molecule has 2 heterocycles. The molecule has 3 aromatic rings. The van der Waals surface area contributed by atoms with Crippen molar-refractivity contribution < 1.29 is 33.0 Å². The highest BCUT2D eigenvalue weighted by atomic mass is 32.1. The third kappa shape index (κ3) is 4.63. The summed E-state index contributed by atoms with van der Waals surface area (Å²) < 4.78 is 21.0. The number of fused-ring (bicyclic) bond motifs is 1. The summed E-state index contributed by atoms with van der Waals surface area (Å²) in [6, 6.07) is 9.25. The van der Waals surface area contributed by atoms with Crippen LogP contribution in [0.4, 0.5) is 5.00 Å². The van der Waals surface area contributed by atoms with Crippen molar-refractivity contribution in [3.8, 4) is 5.75 Å². The van der Waals surface area contributed by atoms with Gasteiger partial charge in [0.15, 0.2) is 5.76 Å². The van der Waals surface area contributed by atoms with Crippen LogP contribution in [-0.4, -0.2) is 32.1 Å². The molecule has 0 unspecified atom stereocenters. The summed E-state index contributed by atoms with van der Waals surface area (Å²) in [7, 11) is 2.47. The van der Waals surface area contributed by atoms with E-state index < -0.39 is 17.8 Å². The number of aryl methyl sites for hydroxylation is 2. The van der Waals surface area contributed by atoms with E-state index in [-0.39, 0.29) is 27.8 Å². The second kappa shape index (κ2) is 9.50. The van der Waals surface area contributed by atoms with Gasteiger partial charge in [0.25, 0.3) is 5.91 Å². The number of hydrogen-bond donors (Lipinski definition) is 1. The molecule has 9 heteroatoms. The Morgan fingerprint density at radius 3 is 2.55 bits per heavy atom. The number of carbonyl (C=O) groups excluding carboxylic acids is 3. The van der Waals surface area contributed by atoms with E-state index in [9.17, 15) is 14.4 Å². The molecule has 8 nitrogen and oxygen atoms in total. The van der Waals surface area contributed by atoms with Gasteiger partial charge in [0.05, 0.1) is 19.8 Å². The number of amides is 1. The molecule has 0 bridgehead atoms. The number of esters is 2. The van der Waals surface area contributed by atoms with Crippen LogP contribution >= 0.6 is 11.3 Å². The van der Waals surface area contributed by atoms with Crippen molar-refractivity contribution in [2.45, 2.75) is 32.8 Å². The van der Waals surface area contributed by atoms with Gasteiger partial charge in [0, 0.05) is 0 Å². The fraction of sp³-hybridized carbons (Fsp3) is 0.292. The fourth-order valence-electron chi connectivity index (χ4n) is 3.77. The molecule has 1 aliphatic rings. The molecule has 4 rings (SSSR count). The molecular formula is C24H23NO7S. The topological polar surface area (TPSA) is 104 Å². The first kappa shape index (κ1) is 22.6. The molecule has 0 fully saturated rings. The number of anilines is 1. The quantitative estimate of drug-likeness (QED) is 0.507. The van der Waals surface area contributed by atoms with Crippen molar-refractivity contribution >= 4 is 34.2 Å². The van der Waals surface area contributed by atoms with E-state index in [0.717, 1.165) is 36.3 Å². The van der Waals surface area contributed by atoms with Crippen molar-refractivity contribution in [1.29, 1.82) is 0 Å². The number of carbonyl (C=O) groups is 3. The molecule has 0 saturated heterocycles. The summed E-state index contributed by atoms with van der Waals surface area (Å²) in [4.78, 5) is 37.2. The summed E-state index contributed by atoms with van der Waals surface area (Å²) in [6.07, 6.45) is 3.33. The molecule has 1 amide bonds. The summed E-state index contributed by atoms with van der Waals surface area (Å²) >= 11 is 0.936. The van der Waals surface area contributed by atoms with Gasteiger partial charge in [-0.15, -0.1) is 11.3 Å². The Kier molecular flexibility index (Phi) is 6.50. The van der Waals surface area contributed by atoms with Crippen molar-refractivity contribution in [3.63, 3.8) is 0 Å². The molecule has 0 spiro atoms. The Labute approximate surface area is 194 Å². The molecule has 1 aromatic carbocycles. The van der Waals surface area contributed by atoms with Crippen molar-refractivity contribution in [2.75, 3.05) is 19.5 Å². The van der Waals surface area contributed by atoms with Gasteiger partial charge < -0.3 is 23.9 Å². The van der Waals surface area contributed by atoms with Crippen LogP contribution in [0.2, 0.25) is 0 Å². The Bertz CT molecular complexity index is 1220. The summed E-state index contributed by atoms with van der Waals surface area (Å²) in [5, 5.41) is 2.81. The maximum Gasteiger partial charge on any atom is 0.348 e. The van der Waals surface area contributed by atoms with E-state index >= 15 is 0 Å². The van der Waals surface area contributed by atoms with Crippen molar-refractivity contribution in [2.24, 2.45) is 0 Å². The number of furan rings is 1. The predicted octanol–water partition coefficient (Wildman–Crippen LogP) is 4.54. The molecule has 33 heavy (non-hydrogen) atoms. The third-order valence-corrected chi connectivity index (χ3v) is 6.66. The monoisotopic (exact) mass is 469 g/mol. The highest BCUT2D eigenvalue weighted by Crippen LogP contribution is 2.34. The fourth-order valence-corrected chi connectivity index (χ4v) is 4.88. The van der Waals surface area contributed by atoms with E-state index in [2.05, 4.69) is 11.4 Å². The molecule has 0 aliphatic heterocycles. The first-order valence-corrected chi connectivity index (χ1v) is 11.2. The second-order valence-corrected chi connectivity index (χ2v) is 8.56. The molecule has 0 saturated carbocycles. The highest BCUT2D eigenvalue weighted by molar-refractivity contribution is 7.18. The van der Waals surface area contributed by atoms with E-state index in [1.54, 1.807) is 13.0 Å². The van der Waals surface area contributed by atoms with Crippen LogP contribution in [0.5, 0.6) is 5.75 Å². The van der Waals surface area contributed by atoms with E-state index in [1.807, 2.05) is 12.1 Å². The van der Waals surface area contributed by atoms with E-state index in [1.165, 1.54) is 31.4 Å². The number of hydrogen-bond acceptors (Lipinski definition) is 8. The Hall–Kier alpha value is -3.59. The molecule has 0 radical (unpaired) electrons. The normalized spacial score (nSPS) is 12.2. The summed E-state index contributed by atoms with van der Waals surface area (Å²) in [5.41, 5.74) is 3.15. The summed E-state index contributed by atoms with van der Waals surface area (Å²) in [6.45, 7) is 1.76. The van der Waals surface area contributed by atoms with Crippen molar-refractivity contribution in [3.05, 3.63) is 69.0 Å². The smallest absolute Gasteiger partial charge is 0.348 e. The van der Waals surface area contributed by atoms with Crippen LogP contribution in [0.3, 0.4) is 0 Å². The lowest BCUT2D eigenvalue weighted by molar-refractivity contribution is 0.0601. The number of thiophene rings is 1. The zero-order valence-corrected chi connectivity index (χ0v) is 19.3. The number of nitrogens with one attached hydrogen (secondary N) is 1. The number of benzene rings is 1. The third-order valence-electron chi connectivity index (χ3n) is 5.47. The van der Waals surface area contributed by atoms with Gasteiger partial charge in [-0.25, -0.2) is 9.59 Å². The molecular weight excluding hydrogens is 446 g/mol. The SMILES string of the molecule is COC(=O)c1sc(NC(=O)c2ccc(COc3ccc4c(c3)CCC4)o2)c(C(=O)OC)c1C. The minimum atomic E-state index is -0.669. The first-order valence-electron chi connectivity index (χ1n) is 10.4. The lowest BCUT2D eigenvalue weighted by Gasteiger charge is -2.07. The Morgan fingerprint density at radius 1 is 1.03 bits per heavy atom. The van der Waals surface area contributed by atoms with E-state index in [4.69, 9.17) is 18.6 Å². The number of ether oxygens (including phenoxy) is 3. The van der Waals surface area contributed by atoms with Crippen LogP contribution in [-0.2, 0) is 28.9 Å². The molecule has 0 atom stereocenters. The molecule has 2 aromatic heterocycles. The van der Waals surface area contributed by atoms with Crippen molar-refractivity contribution in [1.82, 2.24) is 0 Å². The average molecular weight is 470 g/mol. The van der Waals surface area contributed by atoms with Gasteiger partial charge in [-0.1, -0.05) is 6.07 Å². The van der Waals surface area contributed by atoms with E-state index in [0.29, 0.717) is 11.3 Å². The van der Waals surface area contributed by atoms with Crippen LogP contribution < -0.4 is 10.1 Å². The highest BCUT2D eigenvalue weighted by Gasteiger charge is 2.27. The Balaban J connectivity index is 1.46. The van der Waals surface area contributed by atoms with Crippen LogP contribution in [0.1, 0.15) is 59.5 Å². The van der Waals surface area contributed by atoms with Gasteiger partial charge in [-0.05, 0) is 67.1 Å². The van der Waals surface area contributed by atoms with Gasteiger partial charge in [-0.2, -0.15) is 0 Å². The minimum absolute atomic E-state index is 0.0454. The largest absolute Gasteiger partial charge is 0.486 e. The molecule has 1 N–H and O–H groups in total. The van der Waals surface area contributed by atoms with Gasteiger partial charge in [0.2, 0.25) is 0 Å². The van der Waals surface area contributed by atoms with Crippen LogP contribution in [0.15, 0.2) is 34.7 Å². The van der Waals surface area contributed by atoms with Crippen LogP contribution in [0.25, 0.3) is 0 Å². The lowest BCUT2D eigenvalue weighted by Crippen LogP contribution is -2.13. The van der Waals surface area contributed by atoms with Gasteiger partial charge >= 0.3 is 11.9 Å². The number of rotatable bonds is 7. The zero-order valence-electron chi connectivity index (χ0n) is 18.5.